The number of carboxylic acids is 1. The van der Waals surface area contributed by atoms with Crippen LogP contribution in [0.2, 0.25) is 0 Å². The van der Waals surface area contributed by atoms with E-state index in [9.17, 15) is 9.90 Å². The van der Waals surface area contributed by atoms with Crippen molar-refractivity contribution in [3.05, 3.63) is 35.9 Å². The van der Waals surface area contributed by atoms with Gasteiger partial charge in [-0.15, -0.1) is 0 Å². The quantitative estimate of drug-likeness (QED) is 0.809. The second-order valence-corrected chi connectivity index (χ2v) is 4.55. The molecule has 2 atom stereocenters. The van der Waals surface area contributed by atoms with E-state index in [4.69, 9.17) is 5.11 Å². The number of hydrogen-bond acceptors (Lipinski definition) is 3. The molecule has 1 fully saturated rings. The summed E-state index contributed by atoms with van der Waals surface area (Å²) in [5.74, 6) is -0.437. The molecule has 0 bridgehead atoms. The molecular formula is C13H17NO3. The summed E-state index contributed by atoms with van der Waals surface area (Å²) in [4.78, 5) is 12.6. The van der Waals surface area contributed by atoms with Gasteiger partial charge in [-0.1, -0.05) is 30.3 Å². The molecule has 1 aliphatic rings. The van der Waals surface area contributed by atoms with Crippen molar-refractivity contribution in [3.8, 4) is 0 Å². The van der Waals surface area contributed by atoms with Gasteiger partial charge in [0.1, 0.15) is 0 Å². The maximum Gasteiger partial charge on any atom is 0.317 e. The van der Waals surface area contributed by atoms with Crippen molar-refractivity contribution in [3.63, 3.8) is 0 Å². The largest absolute Gasteiger partial charge is 0.480 e. The molecule has 0 aromatic heterocycles. The standard InChI is InChI=1S/C13H17NO3/c15-9-11-6-14(8-13(16)17)7-12(11)10-4-2-1-3-5-10/h1-5,11-12,15H,6-9H2,(H,16,17)/t11-,12+/m0/s1. The Labute approximate surface area is 100 Å². The fraction of sp³-hybridized carbons (Fsp3) is 0.462. The van der Waals surface area contributed by atoms with Crippen LogP contribution in [0, 0.1) is 5.92 Å². The van der Waals surface area contributed by atoms with Gasteiger partial charge in [0.15, 0.2) is 0 Å². The van der Waals surface area contributed by atoms with Crippen LogP contribution in [0.3, 0.4) is 0 Å². The van der Waals surface area contributed by atoms with Crippen molar-refractivity contribution in [2.45, 2.75) is 5.92 Å². The highest BCUT2D eigenvalue weighted by Crippen LogP contribution is 2.31. The van der Waals surface area contributed by atoms with E-state index in [1.165, 1.54) is 5.56 Å². The summed E-state index contributed by atoms with van der Waals surface area (Å²) in [7, 11) is 0. The lowest BCUT2D eigenvalue weighted by atomic mass is 9.90. The molecule has 0 spiro atoms. The van der Waals surface area contributed by atoms with Crippen molar-refractivity contribution < 1.29 is 15.0 Å². The average molecular weight is 235 g/mol. The topological polar surface area (TPSA) is 60.8 Å². The van der Waals surface area contributed by atoms with Crippen molar-refractivity contribution in [1.82, 2.24) is 4.90 Å². The van der Waals surface area contributed by atoms with Gasteiger partial charge >= 0.3 is 5.97 Å². The molecule has 2 rings (SSSR count). The van der Waals surface area contributed by atoms with E-state index >= 15 is 0 Å². The normalized spacial score (nSPS) is 25.0. The van der Waals surface area contributed by atoms with Crippen LogP contribution >= 0.6 is 0 Å². The Morgan fingerprint density at radius 1 is 1.29 bits per heavy atom. The molecule has 1 aromatic carbocycles. The summed E-state index contributed by atoms with van der Waals surface area (Å²) >= 11 is 0. The van der Waals surface area contributed by atoms with E-state index in [1.807, 2.05) is 35.2 Å². The molecule has 17 heavy (non-hydrogen) atoms. The molecule has 0 unspecified atom stereocenters. The van der Waals surface area contributed by atoms with Crippen molar-refractivity contribution in [2.24, 2.45) is 5.92 Å². The number of likely N-dealkylation sites (tertiary alicyclic amines) is 1. The molecule has 0 radical (unpaired) electrons. The zero-order valence-electron chi connectivity index (χ0n) is 9.62. The molecular weight excluding hydrogens is 218 g/mol. The third-order valence-corrected chi connectivity index (χ3v) is 3.34. The van der Waals surface area contributed by atoms with E-state index in [0.717, 1.165) is 0 Å². The SMILES string of the molecule is O=C(O)CN1C[C@@H](CO)[C@@H](c2ccccc2)C1. The number of aliphatic carboxylic acids is 1. The minimum atomic E-state index is -0.810. The first-order valence-electron chi connectivity index (χ1n) is 5.80. The van der Waals surface area contributed by atoms with Crippen LogP contribution in [0.1, 0.15) is 11.5 Å². The van der Waals surface area contributed by atoms with Gasteiger partial charge in [0.2, 0.25) is 0 Å². The van der Waals surface area contributed by atoms with Gasteiger partial charge in [-0.25, -0.2) is 0 Å². The van der Waals surface area contributed by atoms with Gasteiger partial charge in [-0.3, -0.25) is 9.69 Å². The minimum absolute atomic E-state index is 0.0554. The van der Waals surface area contributed by atoms with Gasteiger partial charge in [0, 0.05) is 31.5 Å². The summed E-state index contributed by atoms with van der Waals surface area (Å²) in [5, 5.41) is 18.2. The molecule has 4 nitrogen and oxygen atoms in total. The van der Waals surface area contributed by atoms with Crippen molar-refractivity contribution in [1.29, 1.82) is 0 Å². The second-order valence-electron chi connectivity index (χ2n) is 4.55. The van der Waals surface area contributed by atoms with Gasteiger partial charge in [0.25, 0.3) is 0 Å². The fourth-order valence-corrected chi connectivity index (χ4v) is 2.54. The molecule has 0 aliphatic carbocycles. The molecule has 1 aliphatic heterocycles. The summed E-state index contributed by atoms with van der Waals surface area (Å²) in [6.45, 7) is 1.53. The number of rotatable bonds is 4. The third kappa shape index (κ3) is 2.84. The predicted molar refractivity (Wildman–Crippen MR) is 63.8 cm³/mol. The molecule has 0 saturated carbocycles. The first-order chi connectivity index (χ1) is 8.20. The highest BCUT2D eigenvalue weighted by Gasteiger charge is 2.33. The van der Waals surface area contributed by atoms with Crippen molar-refractivity contribution in [2.75, 3.05) is 26.2 Å². The Hall–Kier alpha value is -1.39. The molecule has 1 saturated heterocycles. The number of hydrogen-bond donors (Lipinski definition) is 2. The minimum Gasteiger partial charge on any atom is -0.480 e. The summed E-state index contributed by atoms with van der Waals surface area (Å²) in [6, 6.07) is 9.99. The maximum atomic E-state index is 10.7. The summed E-state index contributed by atoms with van der Waals surface area (Å²) < 4.78 is 0. The first-order valence-corrected chi connectivity index (χ1v) is 5.80. The zero-order valence-corrected chi connectivity index (χ0v) is 9.62. The first kappa shape index (κ1) is 12.1. The van der Waals surface area contributed by atoms with Crippen LogP contribution in [0.25, 0.3) is 0 Å². The van der Waals surface area contributed by atoms with Crippen LogP contribution in [0.15, 0.2) is 30.3 Å². The molecule has 1 heterocycles. The highest BCUT2D eigenvalue weighted by atomic mass is 16.4. The smallest absolute Gasteiger partial charge is 0.317 e. The second kappa shape index (κ2) is 5.29. The molecule has 4 heteroatoms. The highest BCUT2D eigenvalue weighted by molar-refractivity contribution is 5.69. The Morgan fingerprint density at radius 3 is 2.59 bits per heavy atom. The Balaban J connectivity index is 2.09. The lowest BCUT2D eigenvalue weighted by Crippen LogP contribution is -2.27. The van der Waals surface area contributed by atoms with E-state index in [2.05, 4.69) is 0 Å². The number of benzene rings is 1. The summed E-state index contributed by atoms with van der Waals surface area (Å²) in [6.07, 6.45) is 0. The monoisotopic (exact) mass is 235 g/mol. The average Bonchev–Trinajstić information content (AvgIpc) is 2.72. The summed E-state index contributed by atoms with van der Waals surface area (Å²) in [5.41, 5.74) is 1.18. The van der Waals surface area contributed by atoms with E-state index < -0.39 is 5.97 Å². The van der Waals surface area contributed by atoms with Gasteiger partial charge < -0.3 is 10.2 Å². The number of carbonyl (C=O) groups is 1. The third-order valence-electron chi connectivity index (χ3n) is 3.34. The molecule has 2 N–H and O–H groups in total. The van der Waals surface area contributed by atoms with Crippen LogP contribution < -0.4 is 0 Å². The fourth-order valence-electron chi connectivity index (χ4n) is 2.54. The van der Waals surface area contributed by atoms with Gasteiger partial charge in [0.05, 0.1) is 6.54 Å². The number of aliphatic hydroxyl groups excluding tert-OH is 1. The van der Waals surface area contributed by atoms with Crippen molar-refractivity contribution >= 4 is 5.97 Å². The maximum absolute atomic E-state index is 10.7. The lowest BCUT2D eigenvalue weighted by molar-refractivity contribution is -0.138. The van der Waals surface area contributed by atoms with E-state index in [-0.39, 0.29) is 25.0 Å². The number of aliphatic hydroxyl groups is 1. The molecule has 92 valence electrons. The molecule has 1 aromatic rings. The Bertz CT molecular complexity index is 380. The Kier molecular flexibility index (Phi) is 3.76. The van der Waals surface area contributed by atoms with Crippen LogP contribution in [0.5, 0.6) is 0 Å². The van der Waals surface area contributed by atoms with Crippen LogP contribution in [-0.4, -0.2) is 47.3 Å². The van der Waals surface area contributed by atoms with Gasteiger partial charge in [-0.2, -0.15) is 0 Å². The van der Waals surface area contributed by atoms with Crippen LogP contribution in [0.4, 0.5) is 0 Å². The Morgan fingerprint density at radius 2 is 2.00 bits per heavy atom. The predicted octanol–water partition coefficient (Wildman–Crippen LogP) is 0.779. The van der Waals surface area contributed by atoms with E-state index in [0.29, 0.717) is 13.1 Å². The van der Waals surface area contributed by atoms with Gasteiger partial charge in [-0.05, 0) is 5.56 Å². The zero-order chi connectivity index (χ0) is 12.3. The number of carboxylic acid groups (broad SMARTS) is 1. The lowest BCUT2D eigenvalue weighted by Gasteiger charge is -2.16. The molecule has 0 amide bonds. The van der Waals surface area contributed by atoms with E-state index in [1.54, 1.807) is 0 Å². The van der Waals surface area contributed by atoms with Crippen LogP contribution in [-0.2, 0) is 4.79 Å². The number of nitrogens with zero attached hydrogens (tertiary/aromatic N) is 1.